The van der Waals surface area contributed by atoms with Crippen molar-refractivity contribution in [2.24, 2.45) is 23.5 Å². The molecule has 0 bridgehead atoms. The molecule has 1 heterocycles. The second kappa shape index (κ2) is 5.57. The number of aliphatic hydroxyl groups excluding tert-OH is 1. The lowest BCUT2D eigenvalue weighted by atomic mass is 9.77. The minimum atomic E-state index is -0.365. The molecule has 3 N–H and O–H groups in total. The van der Waals surface area contributed by atoms with Crippen LogP contribution in [0.5, 0.6) is 0 Å². The predicted octanol–water partition coefficient (Wildman–Crippen LogP) is 0.979. The fourth-order valence-corrected chi connectivity index (χ4v) is 3.18. The van der Waals surface area contributed by atoms with Gasteiger partial charge in [-0.15, -0.1) is 0 Å². The van der Waals surface area contributed by atoms with Crippen LogP contribution >= 0.6 is 0 Å². The third kappa shape index (κ3) is 2.86. The third-order valence-electron chi connectivity index (χ3n) is 4.78. The number of nitrogens with zero attached hydrogens (tertiary/aromatic N) is 1. The van der Waals surface area contributed by atoms with Crippen molar-refractivity contribution in [3.05, 3.63) is 0 Å². The topological polar surface area (TPSA) is 66.6 Å². The van der Waals surface area contributed by atoms with Crippen LogP contribution in [-0.4, -0.2) is 41.1 Å². The number of hydrogen-bond acceptors (Lipinski definition) is 3. The van der Waals surface area contributed by atoms with E-state index in [9.17, 15) is 9.90 Å². The molecule has 0 radical (unpaired) electrons. The molecule has 0 aromatic rings. The molecule has 1 saturated heterocycles. The summed E-state index contributed by atoms with van der Waals surface area (Å²) in [7, 11) is 0. The number of nitrogens with two attached hydrogens (primary N) is 1. The SMILES string of the molecule is CC1CCN(C(=O)C2CC(N)CCC2C)CC1O. The van der Waals surface area contributed by atoms with Crippen LogP contribution in [0.3, 0.4) is 0 Å². The standard InChI is InChI=1S/C14H26N2O2/c1-9-3-4-11(15)7-12(9)14(18)16-6-5-10(2)13(17)8-16/h9-13,17H,3-8,15H2,1-2H3. The Hall–Kier alpha value is -0.610. The van der Waals surface area contributed by atoms with Crippen molar-refractivity contribution >= 4 is 5.91 Å². The monoisotopic (exact) mass is 254 g/mol. The van der Waals surface area contributed by atoms with E-state index in [1.54, 1.807) is 0 Å². The lowest BCUT2D eigenvalue weighted by Crippen LogP contribution is -2.50. The van der Waals surface area contributed by atoms with Crippen LogP contribution in [0, 0.1) is 17.8 Å². The first-order chi connectivity index (χ1) is 8.49. The van der Waals surface area contributed by atoms with Gasteiger partial charge in [-0.05, 0) is 37.5 Å². The van der Waals surface area contributed by atoms with Crippen LogP contribution < -0.4 is 5.73 Å². The van der Waals surface area contributed by atoms with Gasteiger partial charge in [0.05, 0.1) is 6.10 Å². The van der Waals surface area contributed by atoms with Crippen molar-refractivity contribution in [2.75, 3.05) is 13.1 Å². The average molecular weight is 254 g/mol. The summed E-state index contributed by atoms with van der Waals surface area (Å²) in [6.07, 6.45) is 3.42. The van der Waals surface area contributed by atoms with E-state index >= 15 is 0 Å². The Morgan fingerprint density at radius 2 is 1.94 bits per heavy atom. The highest BCUT2D eigenvalue weighted by atomic mass is 16.3. The first-order valence-electron chi connectivity index (χ1n) is 7.21. The maximum absolute atomic E-state index is 12.5. The quantitative estimate of drug-likeness (QED) is 0.733. The van der Waals surface area contributed by atoms with E-state index in [2.05, 4.69) is 6.92 Å². The van der Waals surface area contributed by atoms with Crippen LogP contribution in [0.4, 0.5) is 0 Å². The Bertz CT molecular complexity index is 308. The Morgan fingerprint density at radius 3 is 2.61 bits per heavy atom. The zero-order valence-electron chi connectivity index (χ0n) is 11.5. The van der Waals surface area contributed by atoms with E-state index in [0.29, 0.717) is 18.4 Å². The van der Waals surface area contributed by atoms with Crippen molar-refractivity contribution in [1.29, 1.82) is 0 Å². The van der Waals surface area contributed by atoms with E-state index in [1.807, 2.05) is 11.8 Å². The van der Waals surface area contributed by atoms with E-state index in [0.717, 1.165) is 32.2 Å². The second-order valence-electron chi connectivity index (χ2n) is 6.27. The molecule has 1 aliphatic heterocycles. The van der Waals surface area contributed by atoms with Crippen molar-refractivity contribution < 1.29 is 9.90 Å². The van der Waals surface area contributed by atoms with Gasteiger partial charge in [0.2, 0.25) is 5.91 Å². The molecule has 1 amide bonds. The Balaban J connectivity index is 1.98. The molecule has 4 heteroatoms. The van der Waals surface area contributed by atoms with Crippen LogP contribution in [0.15, 0.2) is 0 Å². The molecule has 18 heavy (non-hydrogen) atoms. The van der Waals surface area contributed by atoms with Gasteiger partial charge in [0.25, 0.3) is 0 Å². The lowest BCUT2D eigenvalue weighted by Gasteiger charge is -2.39. The fourth-order valence-electron chi connectivity index (χ4n) is 3.18. The van der Waals surface area contributed by atoms with Crippen LogP contribution in [0.2, 0.25) is 0 Å². The minimum Gasteiger partial charge on any atom is -0.391 e. The molecule has 0 spiro atoms. The smallest absolute Gasteiger partial charge is 0.226 e. The number of rotatable bonds is 1. The summed E-state index contributed by atoms with van der Waals surface area (Å²) in [5.41, 5.74) is 5.98. The van der Waals surface area contributed by atoms with Gasteiger partial charge in [0.1, 0.15) is 0 Å². The Morgan fingerprint density at radius 1 is 1.22 bits per heavy atom. The molecule has 2 rings (SSSR count). The first-order valence-corrected chi connectivity index (χ1v) is 7.21. The largest absolute Gasteiger partial charge is 0.391 e. The second-order valence-corrected chi connectivity index (χ2v) is 6.27. The van der Waals surface area contributed by atoms with Crippen molar-refractivity contribution in [3.8, 4) is 0 Å². The van der Waals surface area contributed by atoms with Gasteiger partial charge in [-0.25, -0.2) is 0 Å². The summed E-state index contributed by atoms with van der Waals surface area (Å²) >= 11 is 0. The lowest BCUT2D eigenvalue weighted by molar-refractivity contribution is -0.142. The number of hydrogen-bond donors (Lipinski definition) is 2. The number of aliphatic hydroxyl groups is 1. The van der Waals surface area contributed by atoms with E-state index in [-0.39, 0.29) is 24.0 Å². The molecule has 2 fully saturated rings. The normalized spacial score (nSPS) is 41.8. The summed E-state index contributed by atoms with van der Waals surface area (Å²) < 4.78 is 0. The molecule has 4 nitrogen and oxygen atoms in total. The molecule has 2 aliphatic rings. The highest BCUT2D eigenvalue weighted by Gasteiger charge is 2.36. The number of amides is 1. The molecule has 1 saturated carbocycles. The highest BCUT2D eigenvalue weighted by Crippen LogP contribution is 2.31. The van der Waals surface area contributed by atoms with Gasteiger partial charge in [0, 0.05) is 25.0 Å². The maximum atomic E-state index is 12.5. The molecule has 0 aromatic heterocycles. The van der Waals surface area contributed by atoms with Gasteiger partial charge in [0.15, 0.2) is 0 Å². The van der Waals surface area contributed by atoms with Gasteiger partial charge in [-0.3, -0.25) is 4.79 Å². The average Bonchev–Trinajstić information content (AvgIpc) is 2.35. The first kappa shape index (κ1) is 13.8. The zero-order valence-corrected chi connectivity index (χ0v) is 11.5. The molecular weight excluding hydrogens is 228 g/mol. The number of likely N-dealkylation sites (tertiary alicyclic amines) is 1. The molecule has 5 unspecified atom stereocenters. The van der Waals surface area contributed by atoms with Crippen molar-refractivity contribution in [2.45, 2.75) is 51.7 Å². The van der Waals surface area contributed by atoms with Gasteiger partial charge >= 0.3 is 0 Å². The van der Waals surface area contributed by atoms with Crippen LogP contribution in [0.1, 0.15) is 39.5 Å². The van der Waals surface area contributed by atoms with Gasteiger partial charge in [-0.1, -0.05) is 13.8 Å². The Labute approximate surface area is 110 Å². The fraction of sp³-hybridized carbons (Fsp3) is 0.929. The highest BCUT2D eigenvalue weighted by molar-refractivity contribution is 5.79. The minimum absolute atomic E-state index is 0.0642. The van der Waals surface area contributed by atoms with Crippen LogP contribution in [0.25, 0.3) is 0 Å². The van der Waals surface area contributed by atoms with Crippen molar-refractivity contribution in [1.82, 2.24) is 4.90 Å². The molecular formula is C14H26N2O2. The number of carbonyl (C=O) groups is 1. The molecule has 104 valence electrons. The molecule has 1 aliphatic carbocycles. The molecule has 5 atom stereocenters. The van der Waals surface area contributed by atoms with Gasteiger partial charge < -0.3 is 15.7 Å². The summed E-state index contributed by atoms with van der Waals surface area (Å²) in [6, 6.07) is 0.170. The zero-order chi connectivity index (χ0) is 13.3. The number of β-amino-alcohol motifs (C(OH)–C–C–N with tert-alkyl or cyclic N) is 1. The van der Waals surface area contributed by atoms with Gasteiger partial charge in [-0.2, -0.15) is 0 Å². The predicted molar refractivity (Wildman–Crippen MR) is 70.8 cm³/mol. The third-order valence-corrected chi connectivity index (χ3v) is 4.78. The summed E-state index contributed by atoms with van der Waals surface area (Å²) in [4.78, 5) is 14.4. The number of piperidine rings is 1. The Kier molecular flexibility index (Phi) is 4.28. The molecule has 0 aromatic carbocycles. The summed E-state index contributed by atoms with van der Waals surface area (Å²) in [5, 5.41) is 9.89. The van der Waals surface area contributed by atoms with Crippen LogP contribution in [-0.2, 0) is 4.79 Å². The summed E-state index contributed by atoms with van der Waals surface area (Å²) in [6.45, 7) is 5.48. The number of carbonyl (C=O) groups excluding carboxylic acids is 1. The summed E-state index contributed by atoms with van der Waals surface area (Å²) in [5.74, 6) is 1.01. The van der Waals surface area contributed by atoms with E-state index in [4.69, 9.17) is 5.73 Å². The maximum Gasteiger partial charge on any atom is 0.226 e. The van der Waals surface area contributed by atoms with E-state index in [1.165, 1.54) is 0 Å². The van der Waals surface area contributed by atoms with Crippen molar-refractivity contribution in [3.63, 3.8) is 0 Å². The van der Waals surface area contributed by atoms with E-state index < -0.39 is 0 Å².